The molecule has 0 aliphatic carbocycles. The molecule has 0 aromatic heterocycles. The number of carbonyl (C=O) groups is 1. The molecule has 4 heteroatoms. The second kappa shape index (κ2) is 5.96. The van der Waals surface area contributed by atoms with E-state index in [2.05, 4.69) is 0 Å². The molecule has 0 bridgehead atoms. The van der Waals surface area contributed by atoms with Crippen molar-refractivity contribution in [2.24, 2.45) is 11.1 Å². The van der Waals surface area contributed by atoms with Gasteiger partial charge in [-0.05, 0) is 31.0 Å². The molecule has 0 saturated heterocycles. The van der Waals surface area contributed by atoms with Crippen LogP contribution < -0.4 is 10.5 Å². The van der Waals surface area contributed by atoms with Gasteiger partial charge in [0.05, 0.1) is 7.11 Å². The number of hydrogen-bond donors (Lipinski definition) is 1. The van der Waals surface area contributed by atoms with E-state index in [0.717, 1.165) is 0 Å². The minimum Gasteiger partial charge on any atom is -0.494 e. The first kappa shape index (κ1) is 14.6. The molecule has 100 valence electrons. The van der Waals surface area contributed by atoms with Gasteiger partial charge >= 0.3 is 0 Å². The summed E-state index contributed by atoms with van der Waals surface area (Å²) >= 11 is 0. The molecular formula is C14H20FNO2. The number of rotatable bonds is 6. The molecule has 0 heterocycles. The monoisotopic (exact) mass is 253 g/mol. The van der Waals surface area contributed by atoms with Gasteiger partial charge in [0.25, 0.3) is 0 Å². The number of halogens is 1. The van der Waals surface area contributed by atoms with E-state index in [1.165, 1.54) is 19.2 Å². The van der Waals surface area contributed by atoms with Crippen molar-refractivity contribution < 1.29 is 13.9 Å². The highest BCUT2D eigenvalue weighted by Crippen LogP contribution is 2.31. The maximum absolute atomic E-state index is 13.6. The number of benzene rings is 1. The standard InChI is InChI=1S/C14H20FNO2/c1-4-14(5-2,9-16)13(17)10-6-7-12(18-3)11(15)8-10/h6-8H,4-5,9,16H2,1-3H3. The Balaban J connectivity index is 3.14. The third-order valence-corrected chi connectivity index (χ3v) is 3.64. The summed E-state index contributed by atoms with van der Waals surface area (Å²) in [6, 6.07) is 4.27. The molecule has 1 aromatic carbocycles. The van der Waals surface area contributed by atoms with E-state index in [1.54, 1.807) is 6.07 Å². The van der Waals surface area contributed by atoms with E-state index in [0.29, 0.717) is 18.4 Å². The van der Waals surface area contributed by atoms with Crippen molar-refractivity contribution in [1.29, 1.82) is 0 Å². The topological polar surface area (TPSA) is 52.3 Å². The van der Waals surface area contributed by atoms with Crippen LogP contribution in [0.2, 0.25) is 0 Å². The Morgan fingerprint density at radius 1 is 1.39 bits per heavy atom. The van der Waals surface area contributed by atoms with Gasteiger partial charge in [-0.3, -0.25) is 4.79 Å². The van der Waals surface area contributed by atoms with Crippen LogP contribution in [-0.4, -0.2) is 19.4 Å². The van der Waals surface area contributed by atoms with E-state index in [9.17, 15) is 9.18 Å². The first-order valence-electron chi connectivity index (χ1n) is 6.13. The van der Waals surface area contributed by atoms with Gasteiger partial charge in [-0.25, -0.2) is 4.39 Å². The molecule has 3 nitrogen and oxygen atoms in total. The van der Waals surface area contributed by atoms with Crippen molar-refractivity contribution in [3.63, 3.8) is 0 Å². The minimum atomic E-state index is -0.596. The number of ketones is 1. The van der Waals surface area contributed by atoms with E-state index < -0.39 is 11.2 Å². The molecule has 1 rings (SSSR count). The summed E-state index contributed by atoms with van der Waals surface area (Å²) in [5.41, 5.74) is 5.48. The maximum atomic E-state index is 13.6. The molecule has 0 spiro atoms. The summed E-state index contributed by atoms with van der Waals surface area (Å²) in [6.07, 6.45) is 1.29. The first-order valence-corrected chi connectivity index (χ1v) is 6.13. The van der Waals surface area contributed by atoms with Crippen molar-refractivity contribution in [1.82, 2.24) is 0 Å². The molecule has 2 N–H and O–H groups in total. The molecule has 0 saturated carbocycles. The van der Waals surface area contributed by atoms with Crippen LogP contribution in [0.4, 0.5) is 4.39 Å². The van der Waals surface area contributed by atoms with E-state index in [1.807, 2.05) is 13.8 Å². The number of Topliss-reactive ketones (excluding diaryl/α,β-unsaturated/α-hetero) is 1. The average molecular weight is 253 g/mol. The van der Waals surface area contributed by atoms with Gasteiger partial charge < -0.3 is 10.5 Å². The Bertz CT molecular complexity index is 420. The van der Waals surface area contributed by atoms with Gasteiger partial charge in [-0.2, -0.15) is 0 Å². The molecule has 18 heavy (non-hydrogen) atoms. The van der Waals surface area contributed by atoms with E-state index >= 15 is 0 Å². The summed E-state index contributed by atoms with van der Waals surface area (Å²) < 4.78 is 18.4. The zero-order valence-corrected chi connectivity index (χ0v) is 11.1. The predicted octanol–water partition coefficient (Wildman–Crippen LogP) is 2.78. The second-order valence-electron chi connectivity index (χ2n) is 4.37. The normalized spacial score (nSPS) is 11.4. The lowest BCUT2D eigenvalue weighted by Crippen LogP contribution is -2.37. The molecule has 0 unspecified atom stereocenters. The fourth-order valence-corrected chi connectivity index (χ4v) is 2.07. The van der Waals surface area contributed by atoms with E-state index in [4.69, 9.17) is 10.5 Å². The molecule has 0 aliphatic heterocycles. The van der Waals surface area contributed by atoms with Crippen LogP contribution in [0.15, 0.2) is 18.2 Å². The highest BCUT2D eigenvalue weighted by atomic mass is 19.1. The summed E-state index contributed by atoms with van der Waals surface area (Å²) in [6.45, 7) is 4.12. The first-order chi connectivity index (χ1) is 8.54. The fraction of sp³-hybridized carbons (Fsp3) is 0.500. The Kier molecular flexibility index (Phi) is 4.84. The van der Waals surface area contributed by atoms with Crippen LogP contribution >= 0.6 is 0 Å². The van der Waals surface area contributed by atoms with Gasteiger partial charge in [0.1, 0.15) is 0 Å². The van der Waals surface area contributed by atoms with Gasteiger partial charge in [0, 0.05) is 17.5 Å². The average Bonchev–Trinajstić information content (AvgIpc) is 2.41. The molecule has 0 radical (unpaired) electrons. The SMILES string of the molecule is CCC(CC)(CN)C(=O)c1ccc(OC)c(F)c1. The molecule has 0 fully saturated rings. The zero-order chi connectivity index (χ0) is 13.8. The molecule has 0 amide bonds. The number of carbonyl (C=O) groups excluding carboxylic acids is 1. The smallest absolute Gasteiger partial charge is 0.170 e. The van der Waals surface area contributed by atoms with Crippen LogP contribution in [0.3, 0.4) is 0 Å². The second-order valence-corrected chi connectivity index (χ2v) is 4.37. The quantitative estimate of drug-likeness (QED) is 0.793. The van der Waals surface area contributed by atoms with Crippen molar-refractivity contribution >= 4 is 5.78 Å². The lowest BCUT2D eigenvalue weighted by molar-refractivity contribution is 0.0787. The third kappa shape index (κ3) is 2.53. The van der Waals surface area contributed by atoms with E-state index in [-0.39, 0.29) is 18.1 Å². The van der Waals surface area contributed by atoms with Crippen molar-refractivity contribution in [2.45, 2.75) is 26.7 Å². The van der Waals surface area contributed by atoms with Crippen LogP contribution in [-0.2, 0) is 0 Å². The number of nitrogens with two attached hydrogens (primary N) is 1. The van der Waals surface area contributed by atoms with Gasteiger partial charge in [0.2, 0.25) is 0 Å². The summed E-state index contributed by atoms with van der Waals surface area (Å²) in [5.74, 6) is -0.490. The van der Waals surface area contributed by atoms with Crippen LogP contribution in [0.5, 0.6) is 5.75 Å². The Labute approximate surface area is 107 Å². The third-order valence-electron chi connectivity index (χ3n) is 3.64. The highest BCUT2D eigenvalue weighted by Gasteiger charge is 2.34. The highest BCUT2D eigenvalue weighted by molar-refractivity contribution is 6.00. The summed E-state index contributed by atoms with van der Waals surface area (Å²) in [4.78, 5) is 12.4. The van der Waals surface area contributed by atoms with Gasteiger partial charge in [-0.15, -0.1) is 0 Å². The van der Waals surface area contributed by atoms with Crippen LogP contribution in [0.1, 0.15) is 37.0 Å². The number of methoxy groups -OCH3 is 1. The molecule has 1 aromatic rings. The lowest BCUT2D eigenvalue weighted by atomic mass is 9.76. The Hall–Kier alpha value is -1.42. The Morgan fingerprint density at radius 3 is 2.39 bits per heavy atom. The molecular weight excluding hydrogens is 233 g/mol. The van der Waals surface area contributed by atoms with Crippen LogP contribution in [0, 0.1) is 11.2 Å². The maximum Gasteiger partial charge on any atom is 0.170 e. The van der Waals surface area contributed by atoms with Crippen LogP contribution in [0.25, 0.3) is 0 Å². The number of hydrogen-bond acceptors (Lipinski definition) is 3. The Morgan fingerprint density at radius 2 is 2.00 bits per heavy atom. The largest absolute Gasteiger partial charge is 0.494 e. The van der Waals surface area contributed by atoms with Gasteiger partial charge in [0.15, 0.2) is 17.3 Å². The summed E-state index contributed by atoms with van der Waals surface area (Å²) in [5, 5.41) is 0. The zero-order valence-electron chi connectivity index (χ0n) is 11.1. The van der Waals surface area contributed by atoms with Crippen molar-refractivity contribution in [2.75, 3.05) is 13.7 Å². The summed E-state index contributed by atoms with van der Waals surface area (Å²) in [7, 11) is 1.39. The van der Waals surface area contributed by atoms with Crippen molar-refractivity contribution in [3.8, 4) is 5.75 Å². The number of ether oxygens (including phenoxy) is 1. The fourth-order valence-electron chi connectivity index (χ4n) is 2.07. The van der Waals surface area contributed by atoms with Crippen molar-refractivity contribution in [3.05, 3.63) is 29.6 Å². The predicted molar refractivity (Wildman–Crippen MR) is 69.4 cm³/mol. The van der Waals surface area contributed by atoms with Gasteiger partial charge in [-0.1, -0.05) is 13.8 Å². The molecule has 0 aliphatic rings. The lowest BCUT2D eigenvalue weighted by Gasteiger charge is -2.28. The molecule has 0 atom stereocenters. The minimum absolute atomic E-state index is 0.100.